The second kappa shape index (κ2) is 4.13. The first-order valence-corrected chi connectivity index (χ1v) is 7.66. The van der Waals surface area contributed by atoms with E-state index in [4.69, 9.17) is 23.2 Å². The normalized spacial score (nSPS) is 40.0. The van der Waals surface area contributed by atoms with Gasteiger partial charge in [-0.1, -0.05) is 23.2 Å². The maximum absolute atomic E-state index is 6.02. The first-order chi connectivity index (χ1) is 8.72. The van der Waals surface area contributed by atoms with Crippen LogP contribution >= 0.6 is 23.2 Å². The van der Waals surface area contributed by atoms with Gasteiger partial charge in [0.1, 0.15) is 0 Å². The molecule has 0 aromatic heterocycles. The van der Waals surface area contributed by atoms with Gasteiger partial charge in [0.15, 0.2) is 0 Å². The standard InChI is InChI=1S/C15H17Cl2N/c16-11-3-8(4-12(17)6-11)7-18-15-13-9-1-2-10(5-9)14(13)15/h3-4,6,9-10,13-15,18H,1-2,5,7H2. The van der Waals surface area contributed by atoms with E-state index in [-0.39, 0.29) is 0 Å². The molecular weight excluding hydrogens is 265 g/mol. The molecule has 1 nitrogen and oxygen atoms in total. The molecule has 0 amide bonds. The maximum atomic E-state index is 6.02. The molecule has 4 atom stereocenters. The van der Waals surface area contributed by atoms with Crippen LogP contribution in [0.4, 0.5) is 0 Å². The van der Waals surface area contributed by atoms with Gasteiger partial charge in [-0.05, 0) is 66.7 Å². The van der Waals surface area contributed by atoms with Gasteiger partial charge in [-0.3, -0.25) is 0 Å². The number of hydrogen-bond donors (Lipinski definition) is 1. The molecule has 4 rings (SSSR count). The summed E-state index contributed by atoms with van der Waals surface area (Å²) in [5, 5.41) is 5.18. The Balaban J connectivity index is 1.40. The van der Waals surface area contributed by atoms with Gasteiger partial charge in [0.2, 0.25) is 0 Å². The Hall–Kier alpha value is -0.240. The second-order valence-electron chi connectivity index (χ2n) is 6.17. The van der Waals surface area contributed by atoms with Crippen LogP contribution < -0.4 is 5.32 Å². The summed E-state index contributed by atoms with van der Waals surface area (Å²) in [7, 11) is 0. The molecule has 2 bridgehead atoms. The molecule has 0 spiro atoms. The van der Waals surface area contributed by atoms with Crippen LogP contribution in [0.25, 0.3) is 0 Å². The summed E-state index contributed by atoms with van der Waals surface area (Å²) in [5.74, 6) is 4.03. The molecule has 96 valence electrons. The van der Waals surface area contributed by atoms with Gasteiger partial charge in [-0.2, -0.15) is 0 Å². The lowest BCUT2D eigenvalue weighted by Crippen LogP contribution is -2.22. The van der Waals surface area contributed by atoms with Gasteiger partial charge in [0.25, 0.3) is 0 Å². The average molecular weight is 282 g/mol. The lowest BCUT2D eigenvalue weighted by atomic mass is 10.0. The summed E-state index contributed by atoms with van der Waals surface area (Å²) in [6.45, 7) is 0.900. The number of rotatable bonds is 3. The summed E-state index contributed by atoms with van der Waals surface area (Å²) < 4.78 is 0. The van der Waals surface area contributed by atoms with Gasteiger partial charge in [-0.25, -0.2) is 0 Å². The Morgan fingerprint density at radius 3 is 2.22 bits per heavy atom. The highest BCUT2D eigenvalue weighted by molar-refractivity contribution is 6.34. The van der Waals surface area contributed by atoms with Crippen LogP contribution in [0.1, 0.15) is 24.8 Å². The monoisotopic (exact) mass is 281 g/mol. The summed E-state index contributed by atoms with van der Waals surface area (Å²) in [6, 6.07) is 6.58. The van der Waals surface area contributed by atoms with E-state index in [1.807, 2.05) is 12.1 Å². The van der Waals surface area contributed by atoms with Crippen LogP contribution in [0.3, 0.4) is 0 Å². The topological polar surface area (TPSA) is 12.0 Å². The smallest absolute Gasteiger partial charge is 0.0424 e. The van der Waals surface area contributed by atoms with E-state index in [9.17, 15) is 0 Å². The van der Waals surface area contributed by atoms with Gasteiger partial charge in [0.05, 0.1) is 0 Å². The molecule has 3 heteroatoms. The lowest BCUT2D eigenvalue weighted by Gasteiger charge is -2.11. The Bertz CT molecular complexity index is 451. The zero-order valence-corrected chi connectivity index (χ0v) is 11.7. The lowest BCUT2D eigenvalue weighted by molar-refractivity contribution is 0.456. The molecule has 0 heterocycles. The van der Waals surface area contributed by atoms with Crippen LogP contribution in [-0.4, -0.2) is 6.04 Å². The Kier molecular flexibility index (Phi) is 2.65. The number of hydrogen-bond acceptors (Lipinski definition) is 1. The number of halogens is 2. The van der Waals surface area contributed by atoms with E-state index < -0.39 is 0 Å². The first kappa shape index (κ1) is 11.6. The zero-order valence-electron chi connectivity index (χ0n) is 10.2. The summed E-state index contributed by atoms with van der Waals surface area (Å²) in [6.07, 6.45) is 4.47. The number of nitrogens with one attached hydrogen (secondary N) is 1. The van der Waals surface area contributed by atoms with Crippen molar-refractivity contribution in [1.82, 2.24) is 5.32 Å². The Morgan fingerprint density at radius 1 is 1.00 bits per heavy atom. The third kappa shape index (κ3) is 1.79. The highest BCUT2D eigenvalue weighted by Gasteiger charge is 2.64. The minimum Gasteiger partial charge on any atom is -0.309 e. The van der Waals surface area contributed by atoms with Crippen molar-refractivity contribution >= 4 is 23.2 Å². The van der Waals surface area contributed by atoms with Crippen LogP contribution in [0.2, 0.25) is 10.0 Å². The molecule has 1 aromatic rings. The van der Waals surface area contributed by atoms with Crippen LogP contribution in [0, 0.1) is 23.7 Å². The van der Waals surface area contributed by atoms with Crippen molar-refractivity contribution in [3.8, 4) is 0 Å². The summed E-state index contributed by atoms with van der Waals surface area (Å²) in [4.78, 5) is 0. The third-order valence-corrected chi connectivity index (χ3v) is 5.64. The molecule has 1 aromatic carbocycles. The molecule has 3 fully saturated rings. The molecule has 3 aliphatic rings. The van der Waals surface area contributed by atoms with Gasteiger partial charge < -0.3 is 5.32 Å². The minimum absolute atomic E-state index is 0.732. The predicted octanol–water partition coefficient (Wildman–Crippen LogP) is 4.13. The van der Waals surface area contributed by atoms with Crippen LogP contribution in [0.5, 0.6) is 0 Å². The van der Waals surface area contributed by atoms with Gasteiger partial charge >= 0.3 is 0 Å². The van der Waals surface area contributed by atoms with E-state index >= 15 is 0 Å². The quantitative estimate of drug-likeness (QED) is 0.879. The molecule has 3 aliphatic carbocycles. The van der Waals surface area contributed by atoms with Crippen molar-refractivity contribution in [1.29, 1.82) is 0 Å². The van der Waals surface area contributed by atoms with Gasteiger partial charge in [0, 0.05) is 22.6 Å². The Morgan fingerprint density at radius 2 is 1.61 bits per heavy atom. The van der Waals surface area contributed by atoms with Crippen LogP contribution in [-0.2, 0) is 6.54 Å². The van der Waals surface area contributed by atoms with Crippen molar-refractivity contribution in [2.75, 3.05) is 0 Å². The van der Waals surface area contributed by atoms with E-state index in [0.29, 0.717) is 0 Å². The predicted molar refractivity (Wildman–Crippen MR) is 74.9 cm³/mol. The van der Waals surface area contributed by atoms with Crippen molar-refractivity contribution in [3.05, 3.63) is 33.8 Å². The molecule has 0 radical (unpaired) electrons. The van der Waals surface area contributed by atoms with Crippen LogP contribution in [0.15, 0.2) is 18.2 Å². The van der Waals surface area contributed by atoms with Crippen molar-refractivity contribution in [2.24, 2.45) is 23.7 Å². The molecule has 3 saturated carbocycles. The van der Waals surface area contributed by atoms with E-state index in [0.717, 1.165) is 46.3 Å². The molecule has 0 aliphatic heterocycles. The summed E-state index contributed by atoms with van der Waals surface area (Å²) >= 11 is 12.0. The largest absolute Gasteiger partial charge is 0.309 e. The average Bonchev–Trinajstić information content (AvgIpc) is 2.71. The van der Waals surface area contributed by atoms with Gasteiger partial charge in [-0.15, -0.1) is 0 Å². The molecular formula is C15H17Cl2N. The Labute approximate surface area is 118 Å². The van der Waals surface area contributed by atoms with E-state index in [1.54, 1.807) is 6.07 Å². The molecule has 0 saturated heterocycles. The fourth-order valence-electron chi connectivity index (χ4n) is 4.55. The minimum atomic E-state index is 0.732. The second-order valence-corrected chi connectivity index (χ2v) is 7.05. The summed E-state index contributed by atoms with van der Waals surface area (Å²) in [5.41, 5.74) is 1.20. The van der Waals surface area contributed by atoms with E-state index in [1.165, 1.54) is 24.8 Å². The maximum Gasteiger partial charge on any atom is 0.0424 e. The van der Waals surface area contributed by atoms with Crippen molar-refractivity contribution in [2.45, 2.75) is 31.8 Å². The highest BCUT2D eigenvalue weighted by atomic mass is 35.5. The molecule has 4 unspecified atom stereocenters. The number of fused-ring (bicyclic) bond motifs is 5. The van der Waals surface area contributed by atoms with Crippen molar-refractivity contribution in [3.63, 3.8) is 0 Å². The van der Waals surface area contributed by atoms with E-state index in [2.05, 4.69) is 5.32 Å². The number of benzene rings is 1. The third-order valence-electron chi connectivity index (χ3n) is 5.20. The zero-order chi connectivity index (χ0) is 12.3. The SMILES string of the molecule is Clc1cc(Cl)cc(CNC2C3C4CCC(C4)C23)c1. The fourth-order valence-corrected chi connectivity index (χ4v) is 5.12. The highest BCUT2D eigenvalue weighted by Crippen LogP contribution is 2.65. The molecule has 1 N–H and O–H groups in total. The first-order valence-electron chi connectivity index (χ1n) is 6.91. The molecule has 18 heavy (non-hydrogen) atoms. The fraction of sp³-hybridized carbons (Fsp3) is 0.600. The van der Waals surface area contributed by atoms with Crippen molar-refractivity contribution < 1.29 is 0 Å².